The minimum Gasteiger partial charge on any atom is -0.497 e. The summed E-state index contributed by atoms with van der Waals surface area (Å²) in [5.74, 6) is 0.919. The molecule has 8 nitrogen and oxygen atoms in total. The Morgan fingerprint density at radius 3 is 2.42 bits per heavy atom. The molecule has 3 amide bonds. The van der Waals surface area contributed by atoms with E-state index in [4.69, 9.17) is 9.84 Å². The predicted molar refractivity (Wildman–Crippen MR) is 144 cm³/mol. The molecule has 0 saturated heterocycles. The molecule has 36 heavy (non-hydrogen) atoms. The lowest BCUT2D eigenvalue weighted by molar-refractivity contribution is -0.116. The molecule has 3 rings (SSSR count). The van der Waals surface area contributed by atoms with Gasteiger partial charge in [-0.05, 0) is 37.6 Å². The SMILES string of the molecule is CCCCN(CC(=O)Nc1cc(C(C)(C)C)nn1-c1ccc(C)cc1)C(=O)Nc1cccc(OC)c1. The molecule has 1 heterocycles. The summed E-state index contributed by atoms with van der Waals surface area (Å²) in [5.41, 5.74) is 3.26. The lowest BCUT2D eigenvalue weighted by Gasteiger charge is -2.22. The Labute approximate surface area is 213 Å². The van der Waals surface area contributed by atoms with E-state index in [-0.39, 0.29) is 23.9 Å². The number of amides is 3. The number of aryl methyl sites for hydroxylation is 1. The molecule has 192 valence electrons. The van der Waals surface area contributed by atoms with Crippen LogP contribution in [-0.4, -0.2) is 46.8 Å². The number of rotatable bonds is 9. The van der Waals surface area contributed by atoms with Crippen molar-refractivity contribution in [1.82, 2.24) is 14.7 Å². The largest absolute Gasteiger partial charge is 0.497 e. The van der Waals surface area contributed by atoms with Crippen LogP contribution in [0, 0.1) is 6.92 Å². The molecule has 1 aromatic heterocycles. The van der Waals surface area contributed by atoms with E-state index in [1.165, 1.54) is 4.90 Å². The Hall–Kier alpha value is -3.81. The van der Waals surface area contributed by atoms with Crippen molar-refractivity contribution < 1.29 is 14.3 Å². The first-order chi connectivity index (χ1) is 17.1. The third-order valence-electron chi connectivity index (χ3n) is 5.75. The number of aromatic nitrogens is 2. The van der Waals surface area contributed by atoms with Crippen molar-refractivity contribution in [1.29, 1.82) is 0 Å². The van der Waals surface area contributed by atoms with Gasteiger partial charge in [0.25, 0.3) is 0 Å². The molecule has 0 radical (unpaired) electrons. The number of carbonyl (C=O) groups is 2. The fraction of sp³-hybridized carbons (Fsp3) is 0.393. The number of methoxy groups -OCH3 is 1. The van der Waals surface area contributed by atoms with Crippen LogP contribution >= 0.6 is 0 Å². The number of nitrogens with one attached hydrogen (secondary N) is 2. The molecule has 0 spiro atoms. The third kappa shape index (κ3) is 7.10. The van der Waals surface area contributed by atoms with E-state index >= 15 is 0 Å². The first kappa shape index (κ1) is 26.8. The fourth-order valence-electron chi connectivity index (χ4n) is 3.58. The normalized spacial score (nSPS) is 11.2. The molecule has 3 aromatic rings. The smallest absolute Gasteiger partial charge is 0.322 e. The molecular weight excluding hydrogens is 454 g/mol. The second-order valence-corrected chi connectivity index (χ2v) is 9.90. The second kappa shape index (κ2) is 11.7. The molecule has 0 bridgehead atoms. The van der Waals surface area contributed by atoms with Gasteiger partial charge in [0, 0.05) is 29.8 Å². The maximum atomic E-state index is 13.1. The second-order valence-electron chi connectivity index (χ2n) is 9.90. The number of nitrogens with zero attached hydrogens (tertiary/aromatic N) is 3. The van der Waals surface area contributed by atoms with Crippen LogP contribution < -0.4 is 15.4 Å². The summed E-state index contributed by atoms with van der Waals surface area (Å²) < 4.78 is 6.98. The lowest BCUT2D eigenvalue weighted by Crippen LogP contribution is -2.41. The average molecular weight is 492 g/mol. The maximum absolute atomic E-state index is 13.1. The van der Waals surface area contributed by atoms with Crippen LogP contribution in [0.2, 0.25) is 0 Å². The van der Waals surface area contributed by atoms with Gasteiger partial charge in [-0.25, -0.2) is 9.48 Å². The molecule has 2 N–H and O–H groups in total. The van der Waals surface area contributed by atoms with Crippen LogP contribution in [0.5, 0.6) is 5.75 Å². The Bertz CT molecular complexity index is 1180. The van der Waals surface area contributed by atoms with Gasteiger partial charge in [-0.1, -0.05) is 57.9 Å². The van der Waals surface area contributed by atoms with Gasteiger partial charge < -0.3 is 20.3 Å². The summed E-state index contributed by atoms with van der Waals surface area (Å²) in [6.07, 6.45) is 1.69. The minimum absolute atomic E-state index is 0.0836. The molecule has 8 heteroatoms. The van der Waals surface area contributed by atoms with Gasteiger partial charge in [-0.2, -0.15) is 5.10 Å². The minimum atomic E-state index is -0.339. The number of urea groups is 1. The fourth-order valence-corrected chi connectivity index (χ4v) is 3.58. The van der Waals surface area contributed by atoms with Crippen molar-refractivity contribution in [2.45, 2.75) is 52.9 Å². The zero-order chi connectivity index (χ0) is 26.3. The number of hydrogen-bond donors (Lipinski definition) is 2. The van der Waals surface area contributed by atoms with Gasteiger partial charge >= 0.3 is 6.03 Å². The quantitative estimate of drug-likeness (QED) is 0.398. The predicted octanol–water partition coefficient (Wildman–Crippen LogP) is 5.76. The van der Waals surface area contributed by atoms with Crippen molar-refractivity contribution in [2.24, 2.45) is 0 Å². The maximum Gasteiger partial charge on any atom is 0.322 e. The highest BCUT2D eigenvalue weighted by atomic mass is 16.5. The van der Waals surface area contributed by atoms with Crippen molar-refractivity contribution in [3.63, 3.8) is 0 Å². The summed E-state index contributed by atoms with van der Waals surface area (Å²) in [7, 11) is 1.57. The van der Waals surface area contributed by atoms with E-state index in [0.29, 0.717) is 23.8 Å². The summed E-state index contributed by atoms with van der Waals surface area (Å²) in [5, 5.41) is 10.6. The molecule has 0 aliphatic rings. The van der Waals surface area contributed by atoms with Gasteiger partial charge in [0.1, 0.15) is 18.1 Å². The molecule has 0 saturated carbocycles. The zero-order valence-electron chi connectivity index (χ0n) is 22.1. The van der Waals surface area contributed by atoms with Gasteiger partial charge in [0.15, 0.2) is 0 Å². The molecule has 0 unspecified atom stereocenters. The number of anilines is 2. The number of carbonyl (C=O) groups excluding carboxylic acids is 2. The number of benzene rings is 2. The Balaban J connectivity index is 1.79. The highest BCUT2D eigenvalue weighted by molar-refractivity contribution is 5.96. The van der Waals surface area contributed by atoms with E-state index in [2.05, 4.69) is 31.4 Å². The molecule has 0 aliphatic carbocycles. The van der Waals surface area contributed by atoms with Crippen molar-refractivity contribution in [3.05, 3.63) is 65.9 Å². The lowest BCUT2D eigenvalue weighted by atomic mass is 9.92. The van der Waals surface area contributed by atoms with Crippen LogP contribution in [0.25, 0.3) is 5.69 Å². The summed E-state index contributed by atoms with van der Waals surface area (Å²) >= 11 is 0. The molecule has 2 aromatic carbocycles. The Morgan fingerprint density at radius 2 is 1.78 bits per heavy atom. The van der Waals surface area contributed by atoms with Gasteiger partial charge in [0.05, 0.1) is 18.5 Å². The van der Waals surface area contributed by atoms with Gasteiger partial charge in [-0.3, -0.25) is 4.79 Å². The number of unbranched alkanes of at least 4 members (excludes halogenated alkanes) is 1. The first-order valence-electron chi connectivity index (χ1n) is 12.3. The summed E-state index contributed by atoms with van der Waals surface area (Å²) in [6.45, 7) is 10.7. The topological polar surface area (TPSA) is 88.5 Å². The summed E-state index contributed by atoms with van der Waals surface area (Å²) in [4.78, 5) is 27.7. The van der Waals surface area contributed by atoms with E-state index in [1.807, 2.05) is 44.2 Å². The van der Waals surface area contributed by atoms with E-state index in [1.54, 1.807) is 36.1 Å². The van der Waals surface area contributed by atoms with Crippen LogP contribution in [0.3, 0.4) is 0 Å². The van der Waals surface area contributed by atoms with Crippen molar-refractivity contribution in [2.75, 3.05) is 30.8 Å². The Morgan fingerprint density at radius 1 is 1.06 bits per heavy atom. The standard InChI is InChI=1S/C28H37N5O3/c1-7-8-16-32(27(35)29-21-10-9-11-23(17-21)36-6)19-26(34)30-25-18-24(28(3,4)5)31-33(25)22-14-12-20(2)13-15-22/h9-15,17-18H,7-8,16,19H2,1-6H3,(H,29,35)(H,30,34). The van der Waals surface area contributed by atoms with Gasteiger partial charge in [0.2, 0.25) is 5.91 Å². The van der Waals surface area contributed by atoms with Crippen LogP contribution in [0.4, 0.5) is 16.3 Å². The Kier molecular flexibility index (Phi) is 8.74. The summed E-state index contributed by atoms with van der Waals surface area (Å²) in [6, 6.07) is 16.6. The van der Waals surface area contributed by atoms with Crippen molar-refractivity contribution >= 4 is 23.4 Å². The molecule has 0 fully saturated rings. The van der Waals surface area contributed by atoms with Crippen LogP contribution in [0.15, 0.2) is 54.6 Å². The average Bonchev–Trinajstić information content (AvgIpc) is 3.26. The first-order valence-corrected chi connectivity index (χ1v) is 12.3. The van der Waals surface area contributed by atoms with Crippen molar-refractivity contribution in [3.8, 4) is 11.4 Å². The molecule has 0 aliphatic heterocycles. The van der Waals surface area contributed by atoms with Crippen LogP contribution in [0.1, 0.15) is 51.8 Å². The van der Waals surface area contributed by atoms with Crippen LogP contribution in [-0.2, 0) is 10.2 Å². The van der Waals surface area contributed by atoms with E-state index in [0.717, 1.165) is 29.8 Å². The highest BCUT2D eigenvalue weighted by Gasteiger charge is 2.23. The molecule has 0 atom stereocenters. The van der Waals surface area contributed by atoms with Gasteiger partial charge in [-0.15, -0.1) is 0 Å². The number of hydrogen-bond acceptors (Lipinski definition) is 4. The van der Waals surface area contributed by atoms with E-state index in [9.17, 15) is 9.59 Å². The monoisotopic (exact) mass is 491 g/mol. The third-order valence-corrected chi connectivity index (χ3v) is 5.75. The zero-order valence-corrected chi connectivity index (χ0v) is 22.1. The number of ether oxygens (including phenoxy) is 1. The van der Waals surface area contributed by atoms with E-state index < -0.39 is 0 Å². The highest BCUT2D eigenvalue weighted by Crippen LogP contribution is 2.26. The molecular formula is C28H37N5O3.